The summed E-state index contributed by atoms with van der Waals surface area (Å²) in [6.07, 6.45) is 1.15. The number of phenols is 1. The second kappa shape index (κ2) is 4.42. The molecule has 2 aromatic rings. The van der Waals surface area contributed by atoms with Gasteiger partial charge in [-0.2, -0.15) is 4.98 Å². The van der Waals surface area contributed by atoms with Crippen molar-refractivity contribution in [2.45, 2.75) is 25.4 Å². The fraction of sp³-hybridized carbons (Fsp3) is 0.385. The Morgan fingerprint density at radius 3 is 3.00 bits per heavy atom. The third kappa shape index (κ3) is 2.09. The Labute approximate surface area is 104 Å². The van der Waals surface area contributed by atoms with Gasteiger partial charge in [0.2, 0.25) is 11.7 Å². The zero-order chi connectivity index (χ0) is 12.5. The van der Waals surface area contributed by atoms with Crippen molar-refractivity contribution in [3.05, 3.63) is 30.2 Å². The van der Waals surface area contributed by atoms with Crippen LogP contribution in [0.15, 0.2) is 28.8 Å². The van der Waals surface area contributed by atoms with E-state index in [4.69, 9.17) is 9.26 Å². The molecule has 1 aliphatic rings. The van der Waals surface area contributed by atoms with Gasteiger partial charge in [-0.1, -0.05) is 17.3 Å². The summed E-state index contributed by atoms with van der Waals surface area (Å²) >= 11 is 0. The van der Waals surface area contributed by atoms with Gasteiger partial charge in [0.25, 0.3) is 0 Å². The zero-order valence-electron chi connectivity index (χ0n) is 10.0. The Morgan fingerprint density at radius 2 is 2.28 bits per heavy atom. The van der Waals surface area contributed by atoms with Crippen LogP contribution in [0.2, 0.25) is 0 Å². The zero-order valence-corrected chi connectivity index (χ0v) is 10.0. The number of phenolic OH excluding ortho intramolecular Hbond substituents is 1. The Morgan fingerprint density at radius 1 is 1.39 bits per heavy atom. The van der Waals surface area contributed by atoms with Gasteiger partial charge in [0.1, 0.15) is 5.75 Å². The van der Waals surface area contributed by atoms with Crippen LogP contribution in [0.25, 0.3) is 11.4 Å². The van der Waals surface area contributed by atoms with Crippen molar-refractivity contribution < 1.29 is 14.4 Å². The van der Waals surface area contributed by atoms with E-state index < -0.39 is 0 Å². The number of benzene rings is 1. The maximum atomic E-state index is 9.42. The smallest absolute Gasteiger partial charge is 0.232 e. The number of ether oxygens (including phenoxy) is 1. The second-order valence-corrected chi connectivity index (χ2v) is 4.58. The summed E-state index contributed by atoms with van der Waals surface area (Å²) in [7, 11) is 0. The van der Waals surface area contributed by atoms with E-state index in [1.165, 1.54) is 0 Å². The minimum absolute atomic E-state index is 0.179. The van der Waals surface area contributed by atoms with Crippen molar-refractivity contribution in [3.63, 3.8) is 0 Å². The van der Waals surface area contributed by atoms with Crippen LogP contribution in [0.3, 0.4) is 0 Å². The highest BCUT2D eigenvalue weighted by atomic mass is 16.5. The fourth-order valence-electron chi connectivity index (χ4n) is 2.15. The molecule has 0 aliphatic carbocycles. The molecule has 0 bridgehead atoms. The van der Waals surface area contributed by atoms with Crippen molar-refractivity contribution in [2.75, 3.05) is 6.61 Å². The predicted octanol–water partition coefficient (Wildman–Crippen LogP) is 2.33. The molecule has 2 heterocycles. The van der Waals surface area contributed by atoms with E-state index in [1.54, 1.807) is 18.2 Å². The lowest BCUT2D eigenvalue weighted by Gasteiger charge is -1.98. The van der Waals surface area contributed by atoms with Crippen molar-refractivity contribution >= 4 is 0 Å². The molecule has 2 unspecified atom stereocenters. The molecular weight excluding hydrogens is 232 g/mol. The molecule has 5 heteroatoms. The lowest BCUT2D eigenvalue weighted by molar-refractivity contribution is 0.122. The van der Waals surface area contributed by atoms with E-state index in [9.17, 15) is 5.11 Å². The van der Waals surface area contributed by atoms with Gasteiger partial charge in [-0.05, 0) is 25.5 Å². The van der Waals surface area contributed by atoms with Gasteiger partial charge in [-0.25, -0.2) is 0 Å². The Bertz CT molecular complexity index is 553. The van der Waals surface area contributed by atoms with Crippen LogP contribution in [0.5, 0.6) is 5.75 Å². The normalized spacial score (nSPS) is 23.4. The standard InChI is InChI=1S/C13H14N2O3/c1-8-5-10(7-17-8)13-14-12(15-18-13)9-3-2-4-11(16)6-9/h2-4,6,8,10,16H,5,7H2,1H3. The van der Waals surface area contributed by atoms with Gasteiger partial charge >= 0.3 is 0 Å². The summed E-state index contributed by atoms with van der Waals surface area (Å²) in [4.78, 5) is 4.37. The third-order valence-corrected chi connectivity index (χ3v) is 3.09. The molecule has 5 nitrogen and oxygen atoms in total. The Kier molecular flexibility index (Phi) is 2.76. The molecule has 0 saturated carbocycles. The van der Waals surface area contributed by atoms with Crippen molar-refractivity contribution in [2.24, 2.45) is 0 Å². The topological polar surface area (TPSA) is 68.4 Å². The van der Waals surface area contributed by atoms with Gasteiger partial charge in [0.05, 0.1) is 18.6 Å². The summed E-state index contributed by atoms with van der Waals surface area (Å²) in [6, 6.07) is 6.81. The highest BCUT2D eigenvalue weighted by Crippen LogP contribution is 2.29. The largest absolute Gasteiger partial charge is 0.508 e. The van der Waals surface area contributed by atoms with E-state index >= 15 is 0 Å². The SMILES string of the molecule is CC1CC(c2nc(-c3cccc(O)c3)no2)CO1. The highest BCUT2D eigenvalue weighted by molar-refractivity contribution is 5.56. The van der Waals surface area contributed by atoms with Crippen LogP contribution < -0.4 is 0 Å². The molecule has 94 valence electrons. The molecule has 0 radical (unpaired) electrons. The maximum Gasteiger partial charge on any atom is 0.232 e. The first-order valence-corrected chi connectivity index (χ1v) is 5.97. The van der Waals surface area contributed by atoms with E-state index in [1.807, 2.05) is 13.0 Å². The quantitative estimate of drug-likeness (QED) is 0.880. The van der Waals surface area contributed by atoms with Crippen molar-refractivity contribution in [1.29, 1.82) is 0 Å². The minimum Gasteiger partial charge on any atom is -0.508 e. The molecule has 2 atom stereocenters. The lowest BCUT2D eigenvalue weighted by Crippen LogP contribution is -1.98. The number of aromatic hydroxyl groups is 1. The molecule has 1 aliphatic heterocycles. The molecule has 1 N–H and O–H groups in total. The molecule has 0 spiro atoms. The van der Waals surface area contributed by atoms with Crippen LogP contribution in [-0.4, -0.2) is 28.0 Å². The minimum atomic E-state index is 0.179. The molecule has 1 aromatic carbocycles. The molecule has 0 amide bonds. The molecule has 3 rings (SSSR count). The van der Waals surface area contributed by atoms with Gasteiger partial charge in [-0.15, -0.1) is 0 Å². The van der Waals surface area contributed by atoms with E-state index in [0.717, 1.165) is 12.0 Å². The van der Waals surface area contributed by atoms with Gasteiger partial charge in [0.15, 0.2) is 0 Å². The number of hydrogen-bond donors (Lipinski definition) is 1. The number of aromatic nitrogens is 2. The van der Waals surface area contributed by atoms with E-state index in [-0.39, 0.29) is 17.8 Å². The van der Waals surface area contributed by atoms with Gasteiger partial charge < -0.3 is 14.4 Å². The van der Waals surface area contributed by atoms with Crippen molar-refractivity contribution in [1.82, 2.24) is 10.1 Å². The molecule has 1 fully saturated rings. The first-order chi connectivity index (χ1) is 8.72. The summed E-state index contributed by atoms with van der Waals surface area (Å²) in [5.74, 6) is 1.48. The third-order valence-electron chi connectivity index (χ3n) is 3.09. The Balaban J connectivity index is 1.85. The van der Waals surface area contributed by atoms with Crippen LogP contribution in [0.1, 0.15) is 25.2 Å². The fourth-order valence-corrected chi connectivity index (χ4v) is 2.15. The van der Waals surface area contributed by atoms with Crippen LogP contribution in [-0.2, 0) is 4.74 Å². The van der Waals surface area contributed by atoms with Crippen LogP contribution in [0, 0.1) is 0 Å². The van der Waals surface area contributed by atoms with Crippen LogP contribution >= 0.6 is 0 Å². The van der Waals surface area contributed by atoms with Crippen LogP contribution in [0.4, 0.5) is 0 Å². The second-order valence-electron chi connectivity index (χ2n) is 4.58. The molecule has 18 heavy (non-hydrogen) atoms. The molecule has 1 aromatic heterocycles. The first-order valence-electron chi connectivity index (χ1n) is 5.97. The van der Waals surface area contributed by atoms with Crippen molar-refractivity contribution in [3.8, 4) is 17.1 Å². The molecule has 1 saturated heterocycles. The van der Waals surface area contributed by atoms with E-state index in [2.05, 4.69) is 10.1 Å². The summed E-state index contributed by atoms with van der Waals surface area (Å²) in [5.41, 5.74) is 0.747. The highest BCUT2D eigenvalue weighted by Gasteiger charge is 2.28. The number of rotatable bonds is 2. The number of hydrogen-bond acceptors (Lipinski definition) is 5. The monoisotopic (exact) mass is 246 g/mol. The number of nitrogens with zero attached hydrogens (tertiary/aromatic N) is 2. The summed E-state index contributed by atoms with van der Waals surface area (Å²) in [5, 5.41) is 13.4. The summed E-state index contributed by atoms with van der Waals surface area (Å²) < 4.78 is 10.8. The average molecular weight is 246 g/mol. The maximum absolute atomic E-state index is 9.42. The van der Waals surface area contributed by atoms with Gasteiger partial charge in [-0.3, -0.25) is 0 Å². The first kappa shape index (κ1) is 11.2. The van der Waals surface area contributed by atoms with E-state index in [0.29, 0.717) is 18.3 Å². The lowest BCUT2D eigenvalue weighted by atomic mass is 10.1. The Hall–Kier alpha value is -1.88. The summed E-state index contributed by atoms with van der Waals surface area (Å²) in [6.45, 7) is 2.66. The average Bonchev–Trinajstić information content (AvgIpc) is 2.97. The predicted molar refractivity (Wildman–Crippen MR) is 64.2 cm³/mol. The van der Waals surface area contributed by atoms with Gasteiger partial charge in [0, 0.05) is 5.56 Å². The molecular formula is C13H14N2O3.